The molecule has 0 fully saturated rings. The first kappa shape index (κ1) is 12.8. The molecular formula is C9H8BrN3O2S. The lowest BCUT2D eigenvalue weighted by Crippen LogP contribution is -2.05. The van der Waals surface area contributed by atoms with E-state index in [1.165, 1.54) is 17.4 Å². The van der Waals surface area contributed by atoms with E-state index in [1.807, 2.05) is 11.4 Å². The molecule has 84 valence electrons. The summed E-state index contributed by atoms with van der Waals surface area (Å²) in [6.07, 6.45) is 1.49. The second kappa shape index (κ2) is 6.32. The number of esters is 1. The van der Waals surface area contributed by atoms with Crippen molar-refractivity contribution in [3.05, 3.63) is 36.9 Å². The molecule has 0 aromatic carbocycles. The Balaban J connectivity index is 2.97. The highest BCUT2D eigenvalue weighted by atomic mass is 79.9. The third kappa shape index (κ3) is 3.69. The molecule has 0 spiro atoms. The second-order valence-corrected chi connectivity index (χ2v) is 4.91. The number of hydrogen-bond acceptors (Lipinski definition) is 4. The van der Waals surface area contributed by atoms with Crippen LogP contribution >= 0.6 is 27.3 Å². The molecule has 1 heterocycles. The summed E-state index contributed by atoms with van der Waals surface area (Å²) >= 11 is 4.77. The quantitative estimate of drug-likeness (QED) is 0.279. The molecule has 5 nitrogen and oxygen atoms in total. The lowest BCUT2D eigenvalue weighted by molar-refractivity contribution is -0.138. The van der Waals surface area contributed by atoms with Crippen LogP contribution in [0.3, 0.4) is 0 Å². The van der Waals surface area contributed by atoms with Crippen molar-refractivity contribution in [3.63, 3.8) is 0 Å². The van der Waals surface area contributed by atoms with Gasteiger partial charge in [-0.2, -0.15) is 0 Å². The lowest BCUT2D eigenvalue weighted by atomic mass is 10.3. The summed E-state index contributed by atoms with van der Waals surface area (Å²) in [5, 5.41) is 5.13. The zero-order valence-electron chi connectivity index (χ0n) is 8.38. The summed E-state index contributed by atoms with van der Waals surface area (Å²) in [6, 6.07) is 1.82. The van der Waals surface area contributed by atoms with Gasteiger partial charge < -0.3 is 4.74 Å². The van der Waals surface area contributed by atoms with Gasteiger partial charge >= 0.3 is 5.97 Å². The van der Waals surface area contributed by atoms with Crippen LogP contribution in [0.1, 0.15) is 12.5 Å². The Kier molecular flexibility index (Phi) is 5.04. The molecule has 0 amide bonds. The van der Waals surface area contributed by atoms with Crippen LogP contribution in [0.4, 0.5) is 0 Å². The van der Waals surface area contributed by atoms with E-state index < -0.39 is 5.97 Å². The van der Waals surface area contributed by atoms with E-state index in [-0.39, 0.29) is 12.3 Å². The fourth-order valence-corrected chi connectivity index (χ4v) is 2.07. The predicted octanol–water partition coefficient (Wildman–Crippen LogP) is 3.72. The van der Waals surface area contributed by atoms with Gasteiger partial charge in [0.1, 0.15) is 5.70 Å². The Morgan fingerprint density at radius 3 is 3.06 bits per heavy atom. The van der Waals surface area contributed by atoms with Gasteiger partial charge in [-0.3, -0.25) is 0 Å². The lowest BCUT2D eigenvalue weighted by Gasteiger charge is -1.99. The van der Waals surface area contributed by atoms with Gasteiger partial charge in [0.05, 0.1) is 10.4 Å². The van der Waals surface area contributed by atoms with Crippen molar-refractivity contribution in [2.75, 3.05) is 6.61 Å². The molecule has 0 aliphatic carbocycles. The van der Waals surface area contributed by atoms with E-state index in [1.54, 1.807) is 6.92 Å². The second-order valence-electron chi connectivity index (χ2n) is 2.62. The summed E-state index contributed by atoms with van der Waals surface area (Å²) in [6.45, 7) is 1.93. The maximum Gasteiger partial charge on any atom is 0.340 e. The topological polar surface area (TPSA) is 75.1 Å². The predicted molar refractivity (Wildman–Crippen MR) is 65.8 cm³/mol. The molecule has 16 heavy (non-hydrogen) atoms. The summed E-state index contributed by atoms with van der Waals surface area (Å²) in [5.74, 6) is -0.623. The van der Waals surface area contributed by atoms with Gasteiger partial charge in [0.25, 0.3) is 0 Å². The van der Waals surface area contributed by atoms with Gasteiger partial charge in [-0.15, -0.1) is 11.3 Å². The first-order valence-electron chi connectivity index (χ1n) is 4.35. The maximum absolute atomic E-state index is 11.4. The van der Waals surface area contributed by atoms with Crippen molar-refractivity contribution in [1.82, 2.24) is 0 Å². The highest BCUT2D eigenvalue weighted by Crippen LogP contribution is 2.22. The van der Waals surface area contributed by atoms with Gasteiger partial charge in [0.15, 0.2) is 0 Å². The van der Waals surface area contributed by atoms with Crippen molar-refractivity contribution in [2.45, 2.75) is 6.92 Å². The van der Waals surface area contributed by atoms with E-state index in [0.717, 1.165) is 9.35 Å². The van der Waals surface area contributed by atoms with Crippen molar-refractivity contribution in [2.24, 2.45) is 5.11 Å². The Hall–Kier alpha value is -1.30. The van der Waals surface area contributed by atoms with E-state index >= 15 is 0 Å². The molecule has 0 saturated carbocycles. The van der Waals surface area contributed by atoms with Gasteiger partial charge in [0, 0.05) is 4.91 Å². The third-order valence-corrected chi connectivity index (χ3v) is 3.05. The number of carbonyl (C=O) groups is 1. The summed E-state index contributed by atoms with van der Waals surface area (Å²) in [5.41, 5.74) is 9.08. The molecule has 0 saturated heterocycles. The molecule has 0 aliphatic heterocycles. The minimum atomic E-state index is -0.623. The van der Waals surface area contributed by atoms with Crippen LogP contribution in [0.25, 0.3) is 16.5 Å². The fourth-order valence-electron chi connectivity index (χ4n) is 0.939. The van der Waals surface area contributed by atoms with E-state index in [4.69, 9.17) is 10.3 Å². The molecule has 1 aromatic heterocycles. The zero-order chi connectivity index (χ0) is 12.0. The van der Waals surface area contributed by atoms with Crippen molar-refractivity contribution in [3.8, 4) is 0 Å². The summed E-state index contributed by atoms with van der Waals surface area (Å²) in [7, 11) is 0. The van der Waals surface area contributed by atoms with Crippen molar-refractivity contribution in [1.29, 1.82) is 0 Å². The first-order chi connectivity index (χ1) is 7.67. The monoisotopic (exact) mass is 301 g/mol. The van der Waals surface area contributed by atoms with Gasteiger partial charge in [-0.05, 0) is 51.5 Å². The van der Waals surface area contributed by atoms with Crippen LogP contribution in [0.5, 0.6) is 0 Å². The number of hydrogen-bond donors (Lipinski definition) is 0. The van der Waals surface area contributed by atoms with Crippen molar-refractivity contribution < 1.29 is 9.53 Å². The number of azide groups is 1. The van der Waals surface area contributed by atoms with Crippen LogP contribution in [0.2, 0.25) is 0 Å². The van der Waals surface area contributed by atoms with E-state index in [2.05, 4.69) is 26.0 Å². The highest BCUT2D eigenvalue weighted by Gasteiger charge is 2.08. The maximum atomic E-state index is 11.4. The minimum absolute atomic E-state index is 0.0466. The SMILES string of the molecule is CCOC(=O)/C(=C\c1csc(Br)c1)N=[N+]=[N-]. The van der Waals surface area contributed by atoms with Crippen molar-refractivity contribution >= 4 is 39.3 Å². The molecule has 0 unspecified atom stereocenters. The Labute approximate surface area is 104 Å². The van der Waals surface area contributed by atoms with Crippen LogP contribution in [-0.4, -0.2) is 12.6 Å². The average Bonchev–Trinajstić information content (AvgIpc) is 2.64. The molecule has 1 aromatic rings. The molecule has 0 atom stereocenters. The smallest absolute Gasteiger partial charge is 0.340 e. The van der Waals surface area contributed by atoms with Gasteiger partial charge in [0.2, 0.25) is 0 Å². The Morgan fingerprint density at radius 1 is 1.81 bits per heavy atom. The van der Waals surface area contributed by atoms with Crippen LogP contribution in [-0.2, 0) is 9.53 Å². The molecule has 0 bridgehead atoms. The number of thiophene rings is 1. The molecule has 0 radical (unpaired) electrons. The third-order valence-electron chi connectivity index (χ3n) is 1.53. The van der Waals surface area contributed by atoms with Crippen LogP contribution in [0, 0.1) is 0 Å². The average molecular weight is 302 g/mol. The van der Waals surface area contributed by atoms with Crippen LogP contribution < -0.4 is 0 Å². The van der Waals surface area contributed by atoms with Gasteiger partial charge in [-0.25, -0.2) is 4.79 Å². The molecule has 0 aliphatic rings. The Morgan fingerprint density at radius 2 is 2.56 bits per heavy atom. The molecule has 1 rings (SSSR count). The number of rotatable bonds is 4. The highest BCUT2D eigenvalue weighted by molar-refractivity contribution is 9.11. The fraction of sp³-hybridized carbons (Fsp3) is 0.222. The van der Waals surface area contributed by atoms with E-state index in [9.17, 15) is 4.79 Å². The minimum Gasteiger partial charge on any atom is -0.462 e. The standard InChI is InChI=1S/C9H8BrN3O2S/c1-2-15-9(14)7(12-13-11)3-6-4-8(10)16-5-6/h3-5H,2H2,1H3/b7-3+. The number of halogens is 1. The molecule has 7 heteroatoms. The number of carbonyl (C=O) groups excluding carboxylic acids is 1. The first-order valence-corrected chi connectivity index (χ1v) is 6.02. The normalized spacial score (nSPS) is 10.8. The van der Waals surface area contributed by atoms with Gasteiger partial charge in [-0.1, -0.05) is 5.11 Å². The molecule has 0 N–H and O–H groups in total. The zero-order valence-corrected chi connectivity index (χ0v) is 10.8. The number of nitrogens with zero attached hydrogens (tertiary/aromatic N) is 3. The summed E-state index contributed by atoms with van der Waals surface area (Å²) in [4.78, 5) is 14.0. The van der Waals surface area contributed by atoms with E-state index in [0.29, 0.717) is 0 Å². The summed E-state index contributed by atoms with van der Waals surface area (Å²) < 4.78 is 5.69. The number of ether oxygens (including phenoxy) is 1. The largest absolute Gasteiger partial charge is 0.462 e. The Bertz CT molecular complexity index is 463. The molecular weight excluding hydrogens is 294 g/mol. The van der Waals surface area contributed by atoms with Crippen LogP contribution in [0.15, 0.2) is 26.0 Å².